The van der Waals surface area contributed by atoms with Gasteiger partial charge in [-0.1, -0.05) is 52.0 Å². The van der Waals surface area contributed by atoms with Crippen molar-refractivity contribution in [1.29, 1.82) is 0 Å². The number of esters is 1. The molecule has 29 heavy (non-hydrogen) atoms. The van der Waals surface area contributed by atoms with Crippen LogP contribution in [0.5, 0.6) is 5.75 Å². The topological polar surface area (TPSA) is 35.5 Å². The van der Waals surface area contributed by atoms with Crippen LogP contribution >= 0.6 is 11.3 Å². The van der Waals surface area contributed by atoms with E-state index >= 15 is 0 Å². The molecule has 0 saturated carbocycles. The van der Waals surface area contributed by atoms with Gasteiger partial charge in [0.2, 0.25) is 6.29 Å². The summed E-state index contributed by atoms with van der Waals surface area (Å²) in [6, 6.07) is 12.2. The molecular weight excluding hydrogens is 380 g/mol. The molecule has 0 fully saturated rings. The van der Waals surface area contributed by atoms with E-state index in [4.69, 9.17) is 9.47 Å². The van der Waals surface area contributed by atoms with Crippen LogP contribution in [0.4, 0.5) is 0 Å². The van der Waals surface area contributed by atoms with Crippen LogP contribution in [0.3, 0.4) is 0 Å². The maximum absolute atomic E-state index is 12.0. The van der Waals surface area contributed by atoms with Gasteiger partial charge in [0.15, 0.2) is 0 Å². The van der Waals surface area contributed by atoms with Crippen molar-refractivity contribution in [2.75, 3.05) is 0 Å². The summed E-state index contributed by atoms with van der Waals surface area (Å²) in [5.41, 5.74) is 1.56. The number of unbranched alkanes of at least 4 members (excludes halogenated alkanes) is 6. The lowest BCUT2D eigenvalue weighted by molar-refractivity contribution is -0.159. The van der Waals surface area contributed by atoms with E-state index in [-0.39, 0.29) is 0 Å². The Morgan fingerprint density at radius 1 is 1.00 bits per heavy atom. The summed E-state index contributed by atoms with van der Waals surface area (Å²) in [7, 11) is 0. The zero-order valence-corrected chi connectivity index (χ0v) is 18.9. The molecule has 2 rings (SSSR count). The average molecular weight is 415 g/mol. The van der Waals surface area contributed by atoms with Gasteiger partial charge in [-0.3, -0.25) is 0 Å². The van der Waals surface area contributed by atoms with Crippen molar-refractivity contribution in [3.8, 4) is 16.2 Å². The van der Waals surface area contributed by atoms with Gasteiger partial charge >= 0.3 is 5.97 Å². The molecule has 1 aromatic carbocycles. The Morgan fingerprint density at radius 2 is 1.66 bits per heavy atom. The number of ether oxygens (including phenoxy) is 2. The van der Waals surface area contributed by atoms with Crippen LogP contribution < -0.4 is 4.74 Å². The lowest BCUT2D eigenvalue weighted by atomic mass is 10.1. The summed E-state index contributed by atoms with van der Waals surface area (Å²) in [5, 5.41) is 0. The monoisotopic (exact) mass is 414 g/mol. The molecule has 3 nitrogen and oxygen atoms in total. The van der Waals surface area contributed by atoms with Gasteiger partial charge in [0.05, 0.1) is 0 Å². The Bertz CT molecular complexity index is 761. The highest BCUT2D eigenvalue weighted by atomic mass is 32.1. The minimum atomic E-state index is -0.579. The number of rotatable bonds is 13. The normalized spacial score (nSPS) is 11.8. The molecule has 0 spiro atoms. The van der Waals surface area contributed by atoms with Crippen molar-refractivity contribution >= 4 is 17.3 Å². The predicted molar refractivity (Wildman–Crippen MR) is 122 cm³/mol. The third-order valence-electron chi connectivity index (χ3n) is 4.78. The van der Waals surface area contributed by atoms with Gasteiger partial charge in [-0.25, -0.2) is 4.79 Å². The van der Waals surface area contributed by atoms with E-state index in [1.807, 2.05) is 24.3 Å². The number of thiophene rings is 1. The van der Waals surface area contributed by atoms with E-state index in [2.05, 4.69) is 32.6 Å². The molecule has 0 aliphatic heterocycles. The fourth-order valence-electron chi connectivity index (χ4n) is 3.07. The molecule has 0 aliphatic carbocycles. The summed E-state index contributed by atoms with van der Waals surface area (Å²) >= 11 is 1.77. The molecule has 0 bridgehead atoms. The molecule has 2 aromatic rings. The molecule has 0 aliphatic rings. The fraction of sp³-hybridized carbons (Fsp3) is 0.480. The third kappa shape index (κ3) is 8.45. The number of carbonyl (C=O) groups excluding carboxylic acids is 1. The number of benzene rings is 1. The third-order valence-corrected chi connectivity index (χ3v) is 5.83. The molecule has 4 heteroatoms. The lowest BCUT2D eigenvalue weighted by Gasteiger charge is -2.20. The van der Waals surface area contributed by atoms with Gasteiger partial charge in [0.1, 0.15) is 5.75 Å². The highest BCUT2D eigenvalue weighted by molar-refractivity contribution is 7.15. The summed E-state index contributed by atoms with van der Waals surface area (Å²) in [5.74, 6) is 0.313. The molecule has 0 amide bonds. The second-order valence-corrected chi connectivity index (χ2v) is 8.87. The highest BCUT2D eigenvalue weighted by Gasteiger charge is 2.16. The van der Waals surface area contributed by atoms with Crippen molar-refractivity contribution in [3.05, 3.63) is 53.4 Å². The van der Waals surface area contributed by atoms with Gasteiger partial charge in [-0.2, -0.15) is 0 Å². The second-order valence-electron chi connectivity index (χ2n) is 7.58. The molecule has 1 unspecified atom stereocenters. The minimum absolute atomic E-state index is 0.390. The van der Waals surface area contributed by atoms with Gasteiger partial charge in [-0.15, -0.1) is 11.3 Å². The first-order valence-electron chi connectivity index (χ1n) is 10.7. The lowest BCUT2D eigenvalue weighted by Crippen LogP contribution is -2.24. The molecular formula is C25H34O3S. The number of hydrogen-bond donors (Lipinski definition) is 0. The van der Waals surface area contributed by atoms with E-state index in [9.17, 15) is 4.79 Å². The molecule has 0 radical (unpaired) electrons. The Balaban J connectivity index is 1.90. The van der Waals surface area contributed by atoms with Crippen LogP contribution in [0.1, 0.15) is 70.1 Å². The number of aryl methyl sites for hydroxylation is 1. The van der Waals surface area contributed by atoms with Gasteiger partial charge in [0, 0.05) is 21.7 Å². The molecule has 158 valence electrons. The maximum Gasteiger partial charge on any atom is 0.336 e. The first-order chi connectivity index (χ1) is 14.0. The Kier molecular flexibility index (Phi) is 9.99. The standard InChI is InChI=1S/C25H34O3S/c1-5-6-7-8-9-10-11-12-24(28-25(26)19(2)3)27-22-16-14-21(15-17-22)23-18-13-20(4)29-23/h13-18,24H,2,5-12H2,1,3-4H3. The van der Waals surface area contributed by atoms with E-state index in [1.54, 1.807) is 18.3 Å². The Labute approximate surface area is 179 Å². The van der Waals surface area contributed by atoms with Crippen LogP contribution in [0.25, 0.3) is 10.4 Å². The molecule has 0 N–H and O–H groups in total. The smallest absolute Gasteiger partial charge is 0.336 e. The zero-order chi connectivity index (χ0) is 21.1. The van der Waals surface area contributed by atoms with E-state index in [0.29, 0.717) is 17.7 Å². The predicted octanol–water partition coefficient (Wildman–Crippen LogP) is 7.69. The number of carbonyl (C=O) groups is 1. The Hall–Kier alpha value is -2.07. The van der Waals surface area contributed by atoms with Crippen molar-refractivity contribution in [3.63, 3.8) is 0 Å². The molecule has 1 aromatic heterocycles. The van der Waals surface area contributed by atoms with Crippen LogP contribution in [0.15, 0.2) is 48.6 Å². The first kappa shape index (κ1) is 23.2. The van der Waals surface area contributed by atoms with Gasteiger partial charge < -0.3 is 9.47 Å². The van der Waals surface area contributed by atoms with Crippen molar-refractivity contribution < 1.29 is 14.3 Å². The first-order valence-corrected chi connectivity index (χ1v) is 11.5. The summed E-state index contributed by atoms with van der Waals surface area (Å²) in [4.78, 5) is 14.5. The highest BCUT2D eigenvalue weighted by Crippen LogP contribution is 2.29. The van der Waals surface area contributed by atoms with E-state index in [1.165, 1.54) is 41.9 Å². The van der Waals surface area contributed by atoms with E-state index in [0.717, 1.165) is 18.4 Å². The fourth-order valence-corrected chi connectivity index (χ4v) is 3.94. The van der Waals surface area contributed by atoms with Crippen LogP contribution in [0, 0.1) is 6.92 Å². The zero-order valence-electron chi connectivity index (χ0n) is 18.0. The number of hydrogen-bond acceptors (Lipinski definition) is 4. The van der Waals surface area contributed by atoms with Crippen molar-refractivity contribution in [1.82, 2.24) is 0 Å². The molecule has 0 saturated heterocycles. The molecule has 1 atom stereocenters. The van der Waals surface area contributed by atoms with Gasteiger partial charge in [0.25, 0.3) is 0 Å². The SMILES string of the molecule is C=C(C)C(=O)OC(CCCCCCCCC)Oc1ccc(-c2ccc(C)s2)cc1. The summed E-state index contributed by atoms with van der Waals surface area (Å²) in [6.07, 6.45) is 8.59. The van der Waals surface area contributed by atoms with Crippen LogP contribution in [0.2, 0.25) is 0 Å². The van der Waals surface area contributed by atoms with E-state index < -0.39 is 12.3 Å². The second kappa shape index (κ2) is 12.5. The average Bonchev–Trinajstić information content (AvgIpc) is 3.14. The van der Waals surface area contributed by atoms with Crippen LogP contribution in [-0.4, -0.2) is 12.3 Å². The Morgan fingerprint density at radius 3 is 2.24 bits per heavy atom. The van der Waals surface area contributed by atoms with Gasteiger partial charge in [-0.05, 0) is 62.2 Å². The summed E-state index contributed by atoms with van der Waals surface area (Å²) < 4.78 is 11.5. The quantitative estimate of drug-likeness (QED) is 0.146. The summed E-state index contributed by atoms with van der Waals surface area (Å²) in [6.45, 7) is 9.66. The minimum Gasteiger partial charge on any atom is -0.455 e. The molecule has 1 heterocycles. The van der Waals surface area contributed by atoms with Crippen molar-refractivity contribution in [2.45, 2.75) is 78.4 Å². The largest absolute Gasteiger partial charge is 0.455 e. The van der Waals surface area contributed by atoms with Crippen LogP contribution in [-0.2, 0) is 9.53 Å². The van der Waals surface area contributed by atoms with Crippen molar-refractivity contribution in [2.24, 2.45) is 0 Å². The maximum atomic E-state index is 12.0.